The fraction of sp³-hybridized carbons (Fsp3) is 0.857. The van der Waals surface area contributed by atoms with Gasteiger partial charge in [0, 0.05) is 6.54 Å². The van der Waals surface area contributed by atoms with Crippen LogP contribution in [-0.4, -0.2) is 45.7 Å². The Balaban J connectivity index is 2.83. The quantitative estimate of drug-likeness (QED) is 0.662. The molecule has 2 N–H and O–H groups in total. The molecule has 8 heteroatoms. The molecule has 0 aliphatic heterocycles. The van der Waals surface area contributed by atoms with Gasteiger partial charge in [0.05, 0.1) is 24.3 Å². The summed E-state index contributed by atoms with van der Waals surface area (Å²) in [6.07, 6.45) is 3.58. The maximum absolute atomic E-state index is 12.3. The predicted molar refractivity (Wildman–Crippen MR) is 82.6 cm³/mol. The lowest BCUT2D eigenvalue weighted by atomic mass is 9.75. The first-order valence-electron chi connectivity index (χ1n) is 7.62. The first-order chi connectivity index (χ1) is 10.3. The topological polar surface area (TPSA) is 102 Å². The first kappa shape index (κ1) is 18.9. The van der Waals surface area contributed by atoms with Crippen molar-refractivity contribution in [3.05, 3.63) is 0 Å². The number of rotatable bonds is 7. The Labute approximate surface area is 132 Å². The molecule has 1 rings (SSSR count). The second kappa shape index (κ2) is 7.92. The molecule has 0 aromatic rings. The fourth-order valence-corrected chi connectivity index (χ4v) is 4.77. The number of carbonyl (C=O) groups is 2. The van der Waals surface area contributed by atoms with E-state index in [1.807, 2.05) is 0 Å². The monoisotopic (exact) mass is 334 g/mol. The van der Waals surface area contributed by atoms with Gasteiger partial charge in [-0.05, 0) is 26.7 Å². The van der Waals surface area contributed by atoms with E-state index >= 15 is 0 Å². The van der Waals surface area contributed by atoms with E-state index in [0.29, 0.717) is 19.4 Å². The number of hydrogen-bond donors (Lipinski definition) is 2. The molecule has 1 aliphatic rings. The molecule has 0 spiro atoms. The van der Waals surface area contributed by atoms with Crippen LogP contribution in [-0.2, 0) is 24.3 Å². The summed E-state index contributed by atoms with van der Waals surface area (Å²) >= 11 is 0. The van der Waals surface area contributed by atoms with E-state index in [-0.39, 0.29) is 11.7 Å². The van der Waals surface area contributed by atoms with Gasteiger partial charge in [-0.2, -0.15) is 0 Å². The third-order valence-electron chi connectivity index (χ3n) is 4.00. The average Bonchev–Trinajstić information content (AvgIpc) is 2.46. The van der Waals surface area contributed by atoms with Crippen LogP contribution in [0.5, 0.6) is 0 Å². The van der Waals surface area contributed by atoms with Crippen LogP contribution in [0, 0.1) is 5.41 Å². The minimum atomic E-state index is -3.77. The number of esters is 1. The third-order valence-corrected chi connectivity index (χ3v) is 5.64. The van der Waals surface area contributed by atoms with Crippen LogP contribution >= 0.6 is 0 Å². The van der Waals surface area contributed by atoms with Crippen molar-refractivity contribution in [2.24, 2.45) is 5.41 Å². The summed E-state index contributed by atoms with van der Waals surface area (Å²) in [5, 5.41) is 2.56. The molecule has 0 unspecified atom stereocenters. The van der Waals surface area contributed by atoms with E-state index in [1.54, 1.807) is 6.92 Å². The number of carbonyl (C=O) groups excluding carboxylic acids is 2. The van der Waals surface area contributed by atoms with Crippen LogP contribution in [0.25, 0.3) is 0 Å². The molecule has 1 amide bonds. The molecular formula is C14H26N2O5S. The lowest BCUT2D eigenvalue weighted by molar-refractivity contribution is -0.153. The number of ether oxygens (including phenoxy) is 1. The Kier molecular flexibility index (Phi) is 6.80. The summed E-state index contributed by atoms with van der Waals surface area (Å²) in [5.41, 5.74) is -1.00. The second-order valence-electron chi connectivity index (χ2n) is 5.83. The van der Waals surface area contributed by atoms with Crippen molar-refractivity contribution in [1.82, 2.24) is 10.0 Å². The van der Waals surface area contributed by atoms with E-state index in [1.165, 1.54) is 14.0 Å². The molecule has 1 fully saturated rings. The molecule has 1 saturated carbocycles. The normalized spacial score (nSPS) is 19.2. The second-order valence-corrected chi connectivity index (χ2v) is 7.58. The number of amides is 1. The Morgan fingerprint density at radius 1 is 1.23 bits per heavy atom. The Morgan fingerprint density at radius 2 is 1.82 bits per heavy atom. The molecule has 1 aliphatic carbocycles. The molecule has 7 nitrogen and oxygen atoms in total. The summed E-state index contributed by atoms with van der Waals surface area (Å²) in [6, 6.07) is -0.872. The van der Waals surface area contributed by atoms with Gasteiger partial charge in [0.15, 0.2) is 0 Å². The zero-order chi connectivity index (χ0) is 16.8. The SMILES string of the molecule is CCNC(=O)[C@@H](C)NS(=O)(=O)CC1(C(=O)OC)CCCCC1. The van der Waals surface area contributed by atoms with Crippen molar-refractivity contribution >= 4 is 21.9 Å². The molecule has 1 atom stereocenters. The minimum absolute atomic E-state index is 0.337. The number of methoxy groups -OCH3 is 1. The van der Waals surface area contributed by atoms with Crippen LogP contribution < -0.4 is 10.0 Å². The van der Waals surface area contributed by atoms with Crippen LogP contribution in [0.3, 0.4) is 0 Å². The van der Waals surface area contributed by atoms with Crippen LogP contribution in [0.2, 0.25) is 0 Å². The van der Waals surface area contributed by atoms with Gasteiger partial charge in [0.2, 0.25) is 15.9 Å². The van der Waals surface area contributed by atoms with Gasteiger partial charge in [0.1, 0.15) is 0 Å². The van der Waals surface area contributed by atoms with E-state index in [0.717, 1.165) is 19.3 Å². The summed E-state index contributed by atoms with van der Waals surface area (Å²) in [4.78, 5) is 23.7. The van der Waals surface area contributed by atoms with E-state index < -0.39 is 27.4 Å². The van der Waals surface area contributed by atoms with Crippen LogP contribution in [0.1, 0.15) is 46.0 Å². The van der Waals surface area contributed by atoms with Gasteiger partial charge < -0.3 is 10.1 Å². The largest absolute Gasteiger partial charge is 0.469 e. The smallest absolute Gasteiger partial charge is 0.312 e. The van der Waals surface area contributed by atoms with Gasteiger partial charge in [-0.25, -0.2) is 13.1 Å². The number of likely N-dealkylation sites (N-methyl/N-ethyl adjacent to an activating group) is 1. The summed E-state index contributed by atoms with van der Waals surface area (Å²) in [7, 11) is -2.50. The average molecular weight is 334 g/mol. The van der Waals surface area contributed by atoms with Crippen LogP contribution in [0.15, 0.2) is 0 Å². The van der Waals surface area contributed by atoms with Crippen LogP contribution in [0.4, 0.5) is 0 Å². The van der Waals surface area contributed by atoms with Crippen molar-refractivity contribution in [3.63, 3.8) is 0 Å². The zero-order valence-corrected chi connectivity index (χ0v) is 14.3. The van der Waals surface area contributed by atoms with Gasteiger partial charge in [-0.15, -0.1) is 0 Å². The number of hydrogen-bond acceptors (Lipinski definition) is 5. The molecule has 0 bridgehead atoms. The number of nitrogens with one attached hydrogen (secondary N) is 2. The standard InChI is InChI=1S/C14H26N2O5S/c1-4-15-12(17)11(2)16-22(19,20)10-14(13(18)21-3)8-6-5-7-9-14/h11,16H,4-10H2,1-3H3,(H,15,17)/t11-/m1/s1. The van der Waals surface area contributed by atoms with Crippen molar-refractivity contribution < 1.29 is 22.7 Å². The summed E-state index contributed by atoms with van der Waals surface area (Å²) in [6.45, 7) is 3.67. The molecule has 0 heterocycles. The highest BCUT2D eigenvalue weighted by molar-refractivity contribution is 7.89. The lowest BCUT2D eigenvalue weighted by Crippen LogP contribution is -2.49. The molecule has 0 radical (unpaired) electrons. The zero-order valence-electron chi connectivity index (χ0n) is 13.5. The van der Waals surface area contributed by atoms with Crippen molar-refractivity contribution in [1.29, 1.82) is 0 Å². The van der Waals surface area contributed by atoms with Gasteiger partial charge in [0.25, 0.3) is 0 Å². The third kappa shape index (κ3) is 4.95. The Bertz CT molecular complexity index is 497. The van der Waals surface area contributed by atoms with Crippen molar-refractivity contribution in [2.75, 3.05) is 19.4 Å². The van der Waals surface area contributed by atoms with Gasteiger partial charge in [-0.1, -0.05) is 19.3 Å². The van der Waals surface area contributed by atoms with E-state index in [4.69, 9.17) is 4.74 Å². The molecule has 128 valence electrons. The van der Waals surface area contributed by atoms with E-state index in [9.17, 15) is 18.0 Å². The van der Waals surface area contributed by atoms with E-state index in [2.05, 4.69) is 10.0 Å². The molecule has 22 heavy (non-hydrogen) atoms. The minimum Gasteiger partial charge on any atom is -0.469 e. The predicted octanol–water partition coefficient (Wildman–Crippen LogP) is 0.554. The van der Waals surface area contributed by atoms with Crippen molar-refractivity contribution in [3.8, 4) is 0 Å². The Morgan fingerprint density at radius 3 is 2.32 bits per heavy atom. The highest BCUT2D eigenvalue weighted by Gasteiger charge is 2.44. The fourth-order valence-electron chi connectivity index (χ4n) is 2.91. The first-order valence-corrected chi connectivity index (χ1v) is 9.28. The highest BCUT2D eigenvalue weighted by atomic mass is 32.2. The highest BCUT2D eigenvalue weighted by Crippen LogP contribution is 2.38. The summed E-state index contributed by atoms with van der Waals surface area (Å²) < 4.78 is 31.9. The molecule has 0 saturated heterocycles. The number of sulfonamides is 1. The maximum Gasteiger partial charge on any atom is 0.312 e. The lowest BCUT2D eigenvalue weighted by Gasteiger charge is -2.34. The molecule has 0 aromatic heterocycles. The Hall–Kier alpha value is -1.15. The molecule has 0 aromatic carbocycles. The maximum atomic E-state index is 12.3. The summed E-state index contributed by atoms with van der Waals surface area (Å²) in [5.74, 6) is -1.21. The van der Waals surface area contributed by atoms with Gasteiger partial charge in [-0.3, -0.25) is 9.59 Å². The van der Waals surface area contributed by atoms with Crippen molar-refractivity contribution in [2.45, 2.75) is 52.0 Å². The van der Waals surface area contributed by atoms with Gasteiger partial charge >= 0.3 is 5.97 Å². The molecular weight excluding hydrogens is 308 g/mol.